The lowest BCUT2D eigenvalue weighted by atomic mass is 10.2. The van der Waals surface area contributed by atoms with Crippen molar-refractivity contribution in [2.24, 2.45) is 7.05 Å². The van der Waals surface area contributed by atoms with E-state index < -0.39 is 0 Å². The quantitative estimate of drug-likeness (QED) is 0.787. The average molecular weight is 320 g/mol. The fourth-order valence-electron chi connectivity index (χ4n) is 2.43. The van der Waals surface area contributed by atoms with Gasteiger partial charge in [-0.15, -0.1) is 5.10 Å². The van der Waals surface area contributed by atoms with Crippen molar-refractivity contribution in [1.82, 2.24) is 30.1 Å². The predicted octanol–water partition coefficient (Wildman–Crippen LogP) is -0.270. The maximum absolute atomic E-state index is 11.5. The van der Waals surface area contributed by atoms with Crippen LogP contribution >= 0.6 is 0 Å². The van der Waals surface area contributed by atoms with Crippen molar-refractivity contribution in [1.29, 1.82) is 0 Å². The summed E-state index contributed by atoms with van der Waals surface area (Å²) < 4.78 is 14.4. The molecule has 0 aliphatic carbocycles. The largest absolute Gasteiger partial charge is 0.372 e. The van der Waals surface area contributed by atoms with Gasteiger partial charge in [-0.2, -0.15) is 5.10 Å². The normalized spacial score (nSPS) is 17.0. The molecule has 0 spiro atoms. The number of amides is 1. The van der Waals surface area contributed by atoms with Crippen LogP contribution in [-0.2, 0) is 34.5 Å². The van der Waals surface area contributed by atoms with Gasteiger partial charge < -0.3 is 14.8 Å². The molecule has 23 heavy (non-hydrogen) atoms. The van der Waals surface area contributed by atoms with Crippen LogP contribution in [0.25, 0.3) is 11.3 Å². The summed E-state index contributed by atoms with van der Waals surface area (Å²) in [6.07, 6.45) is 3.52. The Hall–Kier alpha value is -2.26. The number of hydrogen-bond acceptors (Lipinski definition) is 6. The SMILES string of the molecule is CCOCC(=O)NC[C@H]1Cn2nnc(-c3cnn(C)c3)c2CO1. The molecule has 2 aromatic heterocycles. The van der Waals surface area contributed by atoms with Crippen molar-refractivity contribution in [3.63, 3.8) is 0 Å². The predicted molar refractivity (Wildman–Crippen MR) is 80.3 cm³/mol. The Kier molecular flexibility index (Phi) is 4.68. The summed E-state index contributed by atoms with van der Waals surface area (Å²) in [4.78, 5) is 11.5. The molecule has 0 unspecified atom stereocenters. The Labute approximate surface area is 133 Å². The topological polar surface area (TPSA) is 96.1 Å². The lowest BCUT2D eigenvalue weighted by Crippen LogP contribution is -2.40. The molecule has 1 N–H and O–H groups in total. The van der Waals surface area contributed by atoms with E-state index >= 15 is 0 Å². The Morgan fingerprint density at radius 2 is 2.43 bits per heavy atom. The number of nitrogens with one attached hydrogen (secondary N) is 1. The van der Waals surface area contributed by atoms with Gasteiger partial charge in [0, 0.05) is 32.0 Å². The summed E-state index contributed by atoms with van der Waals surface area (Å²) in [7, 11) is 1.86. The van der Waals surface area contributed by atoms with Crippen molar-refractivity contribution >= 4 is 5.91 Å². The maximum atomic E-state index is 11.5. The van der Waals surface area contributed by atoms with Gasteiger partial charge in [0.1, 0.15) is 12.3 Å². The van der Waals surface area contributed by atoms with Gasteiger partial charge in [0.25, 0.3) is 0 Å². The highest BCUT2D eigenvalue weighted by Gasteiger charge is 2.25. The van der Waals surface area contributed by atoms with Gasteiger partial charge in [-0.3, -0.25) is 9.48 Å². The number of carbonyl (C=O) groups is 1. The van der Waals surface area contributed by atoms with Crippen LogP contribution in [0.4, 0.5) is 0 Å². The monoisotopic (exact) mass is 320 g/mol. The van der Waals surface area contributed by atoms with E-state index in [0.29, 0.717) is 26.3 Å². The van der Waals surface area contributed by atoms with Gasteiger partial charge in [-0.1, -0.05) is 5.21 Å². The third-order valence-electron chi connectivity index (χ3n) is 3.61. The molecule has 1 aliphatic heterocycles. The van der Waals surface area contributed by atoms with Crippen molar-refractivity contribution in [3.8, 4) is 11.3 Å². The zero-order valence-electron chi connectivity index (χ0n) is 13.2. The first kappa shape index (κ1) is 15.6. The number of hydrogen-bond donors (Lipinski definition) is 1. The molecule has 9 nitrogen and oxygen atoms in total. The van der Waals surface area contributed by atoms with Crippen molar-refractivity contribution in [2.75, 3.05) is 19.8 Å². The average Bonchev–Trinajstić information content (AvgIpc) is 3.16. The summed E-state index contributed by atoms with van der Waals surface area (Å²) in [5.74, 6) is -0.143. The number of aromatic nitrogens is 5. The molecule has 0 aromatic carbocycles. The van der Waals surface area contributed by atoms with E-state index in [9.17, 15) is 4.79 Å². The zero-order valence-corrected chi connectivity index (χ0v) is 13.2. The van der Waals surface area contributed by atoms with Crippen LogP contribution in [0.2, 0.25) is 0 Å². The number of ether oxygens (including phenoxy) is 2. The lowest BCUT2D eigenvalue weighted by molar-refractivity contribution is -0.126. The van der Waals surface area contributed by atoms with Crippen molar-refractivity contribution in [3.05, 3.63) is 18.1 Å². The van der Waals surface area contributed by atoms with Crippen LogP contribution in [0.3, 0.4) is 0 Å². The Bertz CT molecular complexity index is 680. The van der Waals surface area contributed by atoms with Crippen LogP contribution in [0, 0.1) is 0 Å². The Morgan fingerprint density at radius 1 is 1.57 bits per heavy atom. The standard InChI is InChI=1S/C14H20N6O3/c1-3-22-9-13(21)15-5-11-7-20-12(8-23-11)14(17-18-20)10-4-16-19(2)6-10/h4,6,11H,3,5,7-9H2,1-2H3,(H,15,21)/t11-/m0/s1. The molecule has 1 aliphatic rings. The van der Waals surface area contributed by atoms with Gasteiger partial charge in [-0.25, -0.2) is 4.68 Å². The summed E-state index contributed by atoms with van der Waals surface area (Å²) in [6.45, 7) is 3.83. The van der Waals surface area contributed by atoms with Crippen molar-refractivity contribution in [2.45, 2.75) is 26.2 Å². The second kappa shape index (κ2) is 6.88. The van der Waals surface area contributed by atoms with Crippen LogP contribution in [-0.4, -0.2) is 56.5 Å². The molecule has 0 saturated heterocycles. The van der Waals surface area contributed by atoms with E-state index in [4.69, 9.17) is 9.47 Å². The summed E-state index contributed by atoms with van der Waals surface area (Å²) in [5, 5.41) is 15.4. The summed E-state index contributed by atoms with van der Waals surface area (Å²) in [5.41, 5.74) is 2.63. The number of aryl methyl sites for hydroxylation is 1. The number of nitrogens with zero attached hydrogens (tertiary/aromatic N) is 5. The Balaban J connectivity index is 1.59. The highest BCUT2D eigenvalue weighted by atomic mass is 16.5. The molecule has 0 bridgehead atoms. The van der Waals surface area contributed by atoms with Crippen LogP contribution in [0.5, 0.6) is 0 Å². The molecule has 0 fully saturated rings. The number of fused-ring (bicyclic) bond motifs is 1. The minimum Gasteiger partial charge on any atom is -0.372 e. The van der Waals surface area contributed by atoms with E-state index in [1.165, 1.54) is 0 Å². The van der Waals surface area contributed by atoms with Crippen LogP contribution in [0.15, 0.2) is 12.4 Å². The highest BCUT2D eigenvalue weighted by molar-refractivity contribution is 5.77. The molecular weight excluding hydrogens is 300 g/mol. The van der Waals surface area contributed by atoms with E-state index in [0.717, 1.165) is 17.0 Å². The maximum Gasteiger partial charge on any atom is 0.246 e. The van der Waals surface area contributed by atoms with E-state index in [-0.39, 0.29) is 18.6 Å². The molecule has 2 aromatic rings. The van der Waals surface area contributed by atoms with E-state index in [1.54, 1.807) is 10.9 Å². The van der Waals surface area contributed by atoms with Gasteiger partial charge in [-0.05, 0) is 6.92 Å². The first-order valence-electron chi connectivity index (χ1n) is 7.54. The molecular formula is C14H20N6O3. The minimum absolute atomic E-state index is 0.0724. The highest BCUT2D eigenvalue weighted by Crippen LogP contribution is 2.24. The Morgan fingerprint density at radius 3 is 3.17 bits per heavy atom. The van der Waals surface area contributed by atoms with E-state index in [2.05, 4.69) is 20.7 Å². The molecule has 1 atom stereocenters. The van der Waals surface area contributed by atoms with Crippen molar-refractivity contribution < 1.29 is 14.3 Å². The van der Waals surface area contributed by atoms with Gasteiger partial charge >= 0.3 is 0 Å². The molecule has 3 heterocycles. The summed E-state index contributed by atoms with van der Waals surface area (Å²) in [6, 6.07) is 0. The molecule has 0 radical (unpaired) electrons. The smallest absolute Gasteiger partial charge is 0.246 e. The third kappa shape index (κ3) is 3.57. The molecule has 0 saturated carbocycles. The van der Waals surface area contributed by atoms with E-state index in [1.807, 2.05) is 24.9 Å². The van der Waals surface area contributed by atoms with Crippen LogP contribution < -0.4 is 5.32 Å². The van der Waals surface area contributed by atoms with Gasteiger partial charge in [0.2, 0.25) is 5.91 Å². The molecule has 124 valence electrons. The zero-order chi connectivity index (χ0) is 16.2. The first-order chi connectivity index (χ1) is 11.2. The second-order valence-electron chi connectivity index (χ2n) is 5.34. The molecule has 1 amide bonds. The van der Waals surface area contributed by atoms with Crippen LogP contribution in [0.1, 0.15) is 12.6 Å². The van der Waals surface area contributed by atoms with Gasteiger partial charge in [0.15, 0.2) is 0 Å². The minimum atomic E-state index is -0.143. The molecule has 9 heteroatoms. The fraction of sp³-hybridized carbons (Fsp3) is 0.571. The summed E-state index contributed by atoms with van der Waals surface area (Å²) >= 11 is 0. The first-order valence-corrected chi connectivity index (χ1v) is 7.54. The second-order valence-corrected chi connectivity index (χ2v) is 5.34. The number of rotatable bonds is 6. The molecule has 3 rings (SSSR count). The van der Waals surface area contributed by atoms with Gasteiger partial charge in [0.05, 0.1) is 31.1 Å². The fourth-order valence-corrected chi connectivity index (χ4v) is 2.43. The number of carbonyl (C=O) groups excluding carboxylic acids is 1. The lowest BCUT2D eigenvalue weighted by Gasteiger charge is -2.24. The third-order valence-corrected chi connectivity index (χ3v) is 3.61.